The second kappa shape index (κ2) is 6.16. The van der Waals surface area contributed by atoms with Gasteiger partial charge in [-0.3, -0.25) is 0 Å². The van der Waals surface area contributed by atoms with Crippen LogP contribution >= 0.6 is 23.2 Å². The molecule has 0 radical (unpaired) electrons. The van der Waals surface area contributed by atoms with Crippen LogP contribution in [0.1, 0.15) is 17.3 Å². The highest BCUT2D eigenvalue weighted by Gasteiger charge is 2.12. The van der Waals surface area contributed by atoms with Crippen LogP contribution in [-0.4, -0.2) is 17.7 Å². The van der Waals surface area contributed by atoms with Gasteiger partial charge in [-0.15, -0.1) is 0 Å². The largest absolute Gasteiger partial charge is 0.494 e. The Balaban J connectivity index is 2.50. The van der Waals surface area contributed by atoms with Gasteiger partial charge >= 0.3 is 5.97 Å². The van der Waals surface area contributed by atoms with Crippen molar-refractivity contribution in [2.24, 2.45) is 0 Å². The molecule has 0 heterocycles. The van der Waals surface area contributed by atoms with Gasteiger partial charge in [-0.1, -0.05) is 23.2 Å². The number of carboxylic acids is 1. The number of ether oxygens (including phenoxy) is 1. The summed E-state index contributed by atoms with van der Waals surface area (Å²) in [4.78, 5) is 11.0. The number of hydrogen-bond donors (Lipinski definition) is 1. The maximum atomic E-state index is 11.0. The van der Waals surface area contributed by atoms with E-state index in [4.69, 9.17) is 33.0 Å². The van der Waals surface area contributed by atoms with Gasteiger partial charge in [0.05, 0.1) is 17.2 Å². The van der Waals surface area contributed by atoms with Crippen molar-refractivity contribution in [3.8, 4) is 16.9 Å². The molecule has 0 aromatic heterocycles. The first-order valence-corrected chi connectivity index (χ1v) is 6.74. The first kappa shape index (κ1) is 14.7. The number of halogens is 2. The Morgan fingerprint density at radius 2 is 1.85 bits per heavy atom. The molecular weight excluding hydrogens is 299 g/mol. The second-order valence-corrected chi connectivity index (χ2v) is 4.89. The van der Waals surface area contributed by atoms with Crippen LogP contribution in [0.25, 0.3) is 11.1 Å². The van der Waals surface area contributed by atoms with Crippen LogP contribution in [0.3, 0.4) is 0 Å². The van der Waals surface area contributed by atoms with Crippen LogP contribution in [0.4, 0.5) is 0 Å². The molecule has 0 unspecified atom stereocenters. The molecule has 20 heavy (non-hydrogen) atoms. The molecule has 0 aliphatic rings. The molecule has 104 valence electrons. The molecule has 2 aromatic rings. The third kappa shape index (κ3) is 3.06. The first-order valence-electron chi connectivity index (χ1n) is 5.98. The van der Waals surface area contributed by atoms with Crippen molar-refractivity contribution in [1.29, 1.82) is 0 Å². The summed E-state index contributed by atoms with van der Waals surface area (Å²) in [5.41, 5.74) is 1.41. The Morgan fingerprint density at radius 1 is 1.10 bits per heavy atom. The summed E-state index contributed by atoms with van der Waals surface area (Å²) in [5, 5.41) is 9.94. The Bertz CT molecular complexity index is 654. The third-order valence-corrected chi connectivity index (χ3v) is 3.40. The molecule has 2 aromatic carbocycles. The van der Waals surface area contributed by atoms with Gasteiger partial charge in [0, 0.05) is 16.1 Å². The Morgan fingerprint density at radius 3 is 2.45 bits per heavy atom. The highest BCUT2D eigenvalue weighted by atomic mass is 35.5. The SMILES string of the molecule is CCOc1ccc(-c2cc(C(=O)O)ccc2Cl)c(Cl)c1. The van der Waals surface area contributed by atoms with Gasteiger partial charge in [0.15, 0.2) is 0 Å². The molecule has 3 nitrogen and oxygen atoms in total. The molecule has 5 heteroatoms. The molecule has 0 saturated carbocycles. The summed E-state index contributed by atoms with van der Waals surface area (Å²) in [6.45, 7) is 2.43. The molecular formula is C15H12Cl2O3. The smallest absolute Gasteiger partial charge is 0.335 e. The van der Waals surface area contributed by atoms with E-state index >= 15 is 0 Å². The van der Waals surface area contributed by atoms with Gasteiger partial charge < -0.3 is 9.84 Å². The quantitative estimate of drug-likeness (QED) is 0.885. The molecule has 0 saturated heterocycles. The molecule has 2 rings (SSSR count). The van der Waals surface area contributed by atoms with Crippen LogP contribution < -0.4 is 4.74 Å². The van der Waals surface area contributed by atoms with Crippen molar-refractivity contribution in [3.63, 3.8) is 0 Å². The zero-order valence-electron chi connectivity index (χ0n) is 10.7. The van der Waals surface area contributed by atoms with Crippen molar-refractivity contribution in [2.45, 2.75) is 6.92 Å². The van der Waals surface area contributed by atoms with Crippen LogP contribution in [0.2, 0.25) is 10.0 Å². The minimum absolute atomic E-state index is 0.161. The average Bonchev–Trinajstić information content (AvgIpc) is 2.40. The summed E-state index contributed by atoms with van der Waals surface area (Å²) in [6, 6.07) is 9.73. The minimum Gasteiger partial charge on any atom is -0.494 e. The summed E-state index contributed by atoms with van der Waals surface area (Å²) in [7, 11) is 0. The first-order chi connectivity index (χ1) is 9.52. The minimum atomic E-state index is -1.01. The fraction of sp³-hybridized carbons (Fsp3) is 0.133. The Hall–Kier alpha value is -1.71. The molecule has 0 bridgehead atoms. The molecule has 0 atom stereocenters. The van der Waals surface area contributed by atoms with E-state index in [-0.39, 0.29) is 5.56 Å². The van der Waals surface area contributed by atoms with Crippen LogP contribution in [0.15, 0.2) is 36.4 Å². The highest BCUT2D eigenvalue weighted by molar-refractivity contribution is 6.36. The molecule has 0 aliphatic carbocycles. The van der Waals surface area contributed by atoms with E-state index in [1.807, 2.05) is 6.92 Å². The van der Waals surface area contributed by atoms with Crippen LogP contribution in [0.5, 0.6) is 5.75 Å². The lowest BCUT2D eigenvalue weighted by atomic mass is 10.0. The molecule has 0 amide bonds. The van der Waals surface area contributed by atoms with E-state index in [9.17, 15) is 4.79 Å². The number of carboxylic acid groups (broad SMARTS) is 1. The molecule has 1 N–H and O–H groups in total. The van der Waals surface area contributed by atoms with Gasteiger partial charge in [-0.05, 0) is 43.3 Å². The van der Waals surface area contributed by atoms with Crippen molar-refractivity contribution >= 4 is 29.2 Å². The van der Waals surface area contributed by atoms with E-state index in [0.29, 0.717) is 33.5 Å². The number of benzene rings is 2. The predicted octanol–water partition coefficient (Wildman–Crippen LogP) is 4.76. The van der Waals surface area contributed by atoms with Crippen LogP contribution in [-0.2, 0) is 0 Å². The van der Waals surface area contributed by atoms with Gasteiger partial charge in [0.1, 0.15) is 5.75 Å². The lowest BCUT2D eigenvalue weighted by Crippen LogP contribution is -1.97. The van der Waals surface area contributed by atoms with E-state index in [1.165, 1.54) is 12.1 Å². The normalized spacial score (nSPS) is 10.3. The third-order valence-electron chi connectivity index (χ3n) is 2.76. The van der Waals surface area contributed by atoms with Gasteiger partial charge in [0.25, 0.3) is 0 Å². The van der Waals surface area contributed by atoms with Crippen LogP contribution in [0, 0.1) is 0 Å². The summed E-state index contributed by atoms with van der Waals surface area (Å²) < 4.78 is 5.36. The highest BCUT2D eigenvalue weighted by Crippen LogP contribution is 2.36. The summed E-state index contributed by atoms with van der Waals surface area (Å²) >= 11 is 12.3. The fourth-order valence-corrected chi connectivity index (χ4v) is 2.33. The number of hydrogen-bond acceptors (Lipinski definition) is 2. The number of carbonyl (C=O) groups is 1. The lowest BCUT2D eigenvalue weighted by molar-refractivity contribution is 0.0697. The summed E-state index contributed by atoms with van der Waals surface area (Å²) in [5.74, 6) is -0.350. The average molecular weight is 311 g/mol. The Kier molecular flexibility index (Phi) is 4.53. The van der Waals surface area contributed by atoms with Gasteiger partial charge in [0.2, 0.25) is 0 Å². The zero-order chi connectivity index (χ0) is 14.7. The standard InChI is InChI=1S/C15H12Cl2O3/c1-2-20-10-4-5-11(14(17)8-10)12-7-9(15(18)19)3-6-13(12)16/h3-8H,2H2,1H3,(H,18,19). The van der Waals surface area contributed by atoms with Gasteiger partial charge in [-0.2, -0.15) is 0 Å². The summed E-state index contributed by atoms with van der Waals surface area (Å²) in [6.07, 6.45) is 0. The topological polar surface area (TPSA) is 46.5 Å². The second-order valence-electron chi connectivity index (χ2n) is 4.07. The van der Waals surface area contributed by atoms with E-state index < -0.39 is 5.97 Å². The van der Waals surface area contributed by atoms with E-state index in [0.717, 1.165) is 0 Å². The van der Waals surface area contributed by atoms with Crippen molar-refractivity contribution in [2.75, 3.05) is 6.61 Å². The maximum Gasteiger partial charge on any atom is 0.335 e. The molecule has 0 spiro atoms. The fourth-order valence-electron chi connectivity index (χ4n) is 1.84. The van der Waals surface area contributed by atoms with Crippen molar-refractivity contribution < 1.29 is 14.6 Å². The monoisotopic (exact) mass is 310 g/mol. The molecule has 0 aliphatic heterocycles. The predicted molar refractivity (Wildman–Crippen MR) is 80.0 cm³/mol. The number of aromatic carboxylic acids is 1. The van der Waals surface area contributed by atoms with Crippen molar-refractivity contribution in [3.05, 3.63) is 52.0 Å². The van der Waals surface area contributed by atoms with E-state index in [2.05, 4.69) is 0 Å². The number of rotatable bonds is 4. The Labute approximate surface area is 126 Å². The molecule has 0 fully saturated rings. The van der Waals surface area contributed by atoms with Gasteiger partial charge in [-0.25, -0.2) is 4.79 Å². The zero-order valence-corrected chi connectivity index (χ0v) is 12.2. The van der Waals surface area contributed by atoms with E-state index in [1.54, 1.807) is 24.3 Å². The maximum absolute atomic E-state index is 11.0. The van der Waals surface area contributed by atoms with Crippen molar-refractivity contribution in [1.82, 2.24) is 0 Å². The lowest BCUT2D eigenvalue weighted by Gasteiger charge is -2.10.